The lowest BCUT2D eigenvalue weighted by molar-refractivity contribution is -0.0588. The van der Waals surface area contributed by atoms with Crippen LogP contribution >= 0.6 is 11.3 Å². The Morgan fingerprint density at radius 1 is 1.69 bits per heavy atom. The van der Waals surface area contributed by atoms with Crippen molar-refractivity contribution in [2.75, 3.05) is 18.9 Å². The van der Waals surface area contributed by atoms with Crippen molar-refractivity contribution in [3.63, 3.8) is 0 Å². The lowest BCUT2D eigenvalue weighted by atomic mass is 10.1. The summed E-state index contributed by atoms with van der Waals surface area (Å²) in [5.41, 5.74) is 5.64. The smallest absolute Gasteiger partial charge is 0.180 e. The summed E-state index contributed by atoms with van der Waals surface area (Å²) in [6.07, 6.45) is 3.33. The molecule has 0 aliphatic carbocycles. The van der Waals surface area contributed by atoms with Gasteiger partial charge in [0.2, 0.25) is 0 Å². The van der Waals surface area contributed by atoms with Gasteiger partial charge in [-0.3, -0.25) is 4.90 Å². The molecule has 0 spiro atoms. The average molecular weight is 241 g/mol. The molecule has 2 rings (SSSR count). The van der Waals surface area contributed by atoms with E-state index in [0.29, 0.717) is 17.3 Å². The van der Waals surface area contributed by atoms with Crippen LogP contribution in [0.2, 0.25) is 0 Å². The minimum Gasteiger partial charge on any atom is -0.376 e. The van der Waals surface area contributed by atoms with E-state index >= 15 is 0 Å². The van der Waals surface area contributed by atoms with E-state index in [1.165, 1.54) is 4.88 Å². The molecule has 4 nitrogen and oxygen atoms in total. The zero-order valence-corrected chi connectivity index (χ0v) is 10.7. The van der Waals surface area contributed by atoms with Gasteiger partial charge in [0.25, 0.3) is 0 Å². The Hall–Kier alpha value is -0.650. The van der Waals surface area contributed by atoms with Crippen LogP contribution in [0.5, 0.6) is 0 Å². The number of thiazole rings is 1. The van der Waals surface area contributed by atoms with E-state index in [4.69, 9.17) is 10.5 Å². The number of hydrogen-bond donors (Lipinski definition) is 1. The number of nitrogen functional groups attached to an aromatic ring is 1. The molecule has 2 N–H and O–H groups in total. The van der Waals surface area contributed by atoms with Crippen molar-refractivity contribution in [2.24, 2.45) is 0 Å². The molecule has 1 aliphatic heterocycles. The number of rotatable bonds is 3. The van der Waals surface area contributed by atoms with Gasteiger partial charge in [0.1, 0.15) is 0 Å². The molecule has 2 atom stereocenters. The molecule has 1 saturated heterocycles. The van der Waals surface area contributed by atoms with Gasteiger partial charge in [-0.1, -0.05) is 6.92 Å². The molecule has 0 radical (unpaired) electrons. The third kappa shape index (κ3) is 2.72. The SMILES string of the molecule is CCC1COC(C)CN1Cc1cnc(N)s1. The van der Waals surface area contributed by atoms with E-state index in [1.54, 1.807) is 11.3 Å². The molecular weight excluding hydrogens is 222 g/mol. The van der Waals surface area contributed by atoms with Crippen molar-refractivity contribution < 1.29 is 4.74 Å². The van der Waals surface area contributed by atoms with E-state index in [0.717, 1.165) is 26.1 Å². The maximum atomic E-state index is 5.68. The Kier molecular flexibility index (Phi) is 3.78. The standard InChI is InChI=1S/C11H19N3OS/c1-3-9-7-15-8(2)5-14(9)6-10-4-13-11(12)16-10/h4,8-9H,3,5-7H2,1-2H3,(H2,12,13). The lowest BCUT2D eigenvalue weighted by Gasteiger charge is -2.37. The van der Waals surface area contributed by atoms with Crippen LogP contribution < -0.4 is 5.73 Å². The molecule has 2 heterocycles. The fourth-order valence-electron chi connectivity index (χ4n) is 2.08. The van der Waals surface area contributed by atoms with Gasteiger partial charge in [-0.15, -0.1) is 11.3 Å². The van der Waals surface area contributed by atoms with Crippen LogP contribution in [0.15, 0.2) is 6.20 Å². The molecule has 0 amide bonds. The monoisotopic (exact) mass is 241 g/mol. The molecule has 90 valence electrons. The molecule has 5 heteroatoms. The summed E-state index contributed by atoms with van der Waals surface area (Å²) >= 11 is 1.58. The minimum absolute atomic E-state index is 0.327. The van der Waals surface area contributed by atoms with Crippen molar-refractivity contribution in [3.8, 4) is 0 Å². The largest absolute Gasteiger partial charge is 0.376 e. The molecular formula is C11H19N3OS. The van der Waals surface area contributed by atoms with Crippen LogP contribution in [0.4, 0.5) is 5.13 Å². The van der Waals surface area contributed by atoms with Gasteiger partial charge in [-0.05, 0) is 13.3 Å². The van der Waals surface area contributed by atoms with Crippen molar-refractivity contribution >= 4 is 16.5 Å². The van der Waals surface area contributed by atoms with E-state index in [1.807, 2.05) is 6.20 Å². The number of ether oxygens (including phenoxy) is 1. The van der Waals surface area contributed by atoms with E-state index in [-0.39, 0.29) is 0 Å². The van der Waals surface area contributed by atoms with E-state index < -0.39 is 0 Å². The maximum absolute atomic E-state index is 5.68. The van der Waals surface area contributed by atoms with Crippen molar-refractivity contribution in [1.29, 1.82) is 0 Å². The van der Waals surface area contributed by atoms with Crippen LogP contribution in [-0.4, -0.2) is 35.2 Å². The molecule has 1 aromatic heterocycles. The summed E-state index contributed by atoms with van der Waals surface area (Å²) in [6.45, 7) is 7.11. The third-order valence-corrected chi connectivity index (χ3v) is 3.79. The third-order valence-electron chi connectivity index (χ3n) is 2.98. The minimum atomic E-state index is 0.327. The number of morpholine rings is 1. The number of nitrogens with zero attached hydrogens (tertiary/aromatic N) is 2. The Bertz CT molecular complexity index is 342. The second-order valence-electron chi connectivity index (χ2n) is 4.30. The fourth-order valence-corrected chi connectivity index (χ4v) is 2.79. The summed E-state index contributed by atoms with van der Waals surface area (Å²) < 4.78 is 5.68. The summed E-state index contributed by atoms with van der Waals surface area (Å²) in [6, 6.07) is 0.527. The fraction of sp³-hybridized carbons (Fsp3) is 0.727. The highest BCUT2D eigenvalue weighted by atomic mass is 32.1. The molecule has 0 saturated carbocycles. The second kappa shape index (κ2) is 5.12. The van der Waals surface area contributed by atoms with Gasteiger partial charge in [-0.25, -0.2) is 4.98 Å². The van der Waals surface area contributed by atoms with Crippen LogP contribution in [0.3, 0.4) is 0 Å². The summed E-state index contributed by atoms with van der Waals surface area (Å²) in [7, 11) is 0. The molecule has 1 fully saturated rings. The van der Waals surface area contributed by atoms with E-state index in [9.17, 15) is 0 Å². The van der Waals surface area contributed by atoms with Crippen molar-refractivity contribution in [1.82, 2.24) is 9.88 Å². The first kappa shape index (κ1) is 11.8. The normalized spacial score (nSPS) is 27.1. The Morgan fingerprint density at radius 3 is 3.12 bits per heavy atom. The molecule has 1 aliphatic rings. The Labute approximate surface area is 100 Å². The highest BCUT2D eigenvalue weighted by Gasteiger charge is 2.25. The second-order valence-corrected chi connectivity index (χ2v) is 5.45. The van der Waals surface area contributed by atoms with Gasteiger partial charge < -0.3 is 10.5 Å². The number of aromatic nitrogens is 1. The average Bonchev–Trinajstić information content (AvgIpc) is 2.64. The number of nitrogens with two attached hydrogens (primary N) is 1. The molecule has 1 aromatic rings. The van der Waals surface area contributed by atoms with Crippen LogP contribution in [0.1, 0.15) is 25.1 Å². The van der Waals surface area contributed by atoms with Crippen molar-refractivity contribution in [2.45, 2.75) is 39.0 Å². The van der Waals surface area contributed by atoms with E-state index in [2.05, 4.69) is 23.7 Å². The zero-order valence-electron chi connectivity index (χ0n) is 9.85. The first-order chi connectivity index (χ1) is 7.69. The number of anilines is 1. The van der Waals surface area contributed by atoms with Gasteiger partial charge in [0.15, 0.2) is 5.13 Å². The quantitative estimate of drug-likeness (QED) is 0.875. The predicted octanol–water partition coefficient (Wildman–Crippen LogP) is 1.72. The summed E-state index contributed by atoms with van der Waals surface area (Å²) in [4.78, 5) is 7.80. The van der Waals surface area contributed by atoms with Gasteiger partial charge in [-0.2, -0.15) is 0 Å². The van der Waals surface area contributed by atoms with Crippen LogP contribution in [-0.2, 0) is 11.3 Å². The first-order valence-electron chi connectivity index (χ1n) is 5.75. The van der Waals surface area contributed by atoms with Gasteiger partial charge in [0.05, 0.1) is 12.7 Å². The molecule has 2 unspecified atom stereocenters. The predicted molar refractivity (Wildman–Crippen MR) is 66.4 cm³/mol. The summed E-state index contributed by atoms with van der Waals surface area (Å²) in [5, 5.41) is 0.657. The topological polar surface area (TPSA) is 51.4 Å². The maximum Gasteiger partial charge on any atom is 0.180 e. The Balaban J connectivity index is 2.00. The first-order valence-corrected chi connectivity index (χ1v) is 6.56. The van der Waals surface area contributed by atoms with Gasteiger partial charge >= 0.3 is 0 Å². The molecule has 0 bridgehead atoms. The van der Waals surface area contributed by atoms with Crippen LogP contribution in [0.25, 0.3) is 0 Å². The highest BCUT2D eigenvalue weighted by molar-refractivity contribution is 7.15. The molecule has 16 heavy (non-hydrogen) atoms. The van der Waals surface area contributed by atoms with Crippen LogP contribution in [0, 0.1) is 0 Å². The zero-order chi connectivity index (χ0) is 11.5. The Morgan fingerprint density at radius 2 is 2.50 bits per heavy atom. The van der Waals surface area contributed by atoms with Gasteiger partial charge in [0, 0.05) is 30.2 Å². The molecule has 0 aromatic carbocycles. The highest BCUT2D eigenvalue weighted by Crippen LogP contribution is 2.21. The van der Waals surface area contributed by atoms with Crippen molar-refractivity contribution in [3.05, 3.63) is 11.1 Å². The lowest BCUT2D eigenvalue weighted by Crippen LogP contribution is -2.47. The number of hydrogen-bond acceptors (Lipinski definition) is 5. The summed E-state index contributed by atoms with van der Waals surface area (Å²) in [5.74, 6) is 0.